The van der Waals surface area contributed by atoms with Crippen LogP contribution in [0, 0.1) is 6.92 Å². The maximum Gasteiger partial charge on any atom is 0.293 e. The summed E-state index contributed by atoms with van der Waals surface area (Å²) < 4.78 is 5.15. The molecule has 1 aromatic rings. The number of nitrogens with one attached hydrogen (secondary N) is 1. The van der Waals surface area contributed by atoms with Crippen molar-refractivity contribution in [2.45, 2.75) is 13.8 Å². The fraction of sp³-hybridized carbons (Fsp3) is 0.667. The Bertz CT molecular complexity index is 324. The Morgan fingerprint density at radius 1 is 1.60 bits per heavy atom. The lowest BCUT2D eigenvalue weighted by Gasteiger charge is -2.14. The lowest BCUT2D eigenvalue weighted by molar-refractivity contribution is 0.0699. The van der Waals surface area contributed by atoms with Gasteiger partial charge in [0.1, 0.15) is 5.82 Å². The summed E-state index contributed by atoms with van der Waals surface area (Å²) in [5, 5.41) is 6.43. The summed E-state index contributed by atoms with van der Waals surface area (Å²) in [6.45, 7) is 5.40. The summed E-state index contributed by atoms with van der Waals surface area (Å²) in [6.07, 6.45) is 0. The van der Waals surface area contributed by atoms with Crippen molar-refractivity contribution in [3.63, 3.8) is 0 Å². The number of nitrogens with zero attached hydrogens (tertiary/aromatic N) is 3. The van der Waals surface area contributed by atoms with Gasteiger partial charge in [0.25, 0.3) is 5.91 Å². The maximum absolute atomic E-state index is 11.7. The molecule has 0 unspecified atom stereocenters. The van der Waals surface area contributed by atoms with Gasteiger partial charge in [-0.2, -0.15) is 0 Å². The molecule has 84 valence electrons. The third-order valence-corrected chi connectivity index (χ3v) is 1.91. The zero-order valence-corrected chi connectivity index (χ0v) is 9.28. The molecule has 6 nitrogen and oxygen atoms in total. The first kappa shape index (κ1) is 11.6. The van der Waals surface area contributed by atoms with Gasteiger partial charge in [-0.1, -0.05) is 0 Å². The lowest BCUT2D eigenvalue weighted by Crippen LogP contribution is -2.31. The average molecular weight is 212 g/mol. The van der Waals surface area contributed by atoms with Crippen LogP contribution in [-0.4, -0.2) is 52.8 Å². The normalized spacial score (nSPS) is 10.3. The van der Waals surface area contributed by atoms with E-state index in [0.29, 0.717) is 25.6 Å². The Kier molecular flexibility index (Phi) is 4.23. The third kappa shape index (κ3) is 3.32. The largest absolute Gasteiger partial charge is 0.380 e. The van der Waals surface area contributed by atoms with Crippen LogP contribution in [0.4, 0.5) is 0 Å². The number of H-pyrrole nitrogens is 1. The highest BCUT2D eigenvalue weighted by Gasteiger charge is 2.15. The van der Waals surface area contributed by atoms with Gasteiger partial charge in [-0.05, 0) is 13.8 Å². The number of carbonyl (C=O) groups excluding carboxylic acids is 1. The van der Waals surface area contributed by atoms with Crippen LogP contribution in [0.25, 0.3) is 0 Å². The quantitative estimate of drug-likeness (QED) is 0.709. The van der Waals surface area contributed by atoms with E-state index >= 15 is 0 Å². The summed E-state index contributed by atoms with van der Waals surface area (Å²) in [5.74, 6) is 0.641. The van der Waals surface area contributed by atoms with E-state index in [4.69, 9.17) is 4.74 Å². The van der Waals surface area contributed by atoms with Crippen LogP contribution in [0.3, 0.4) is 0 Å². The smallest absolute Gasteiger partial charge is 0.293 e. The Hall–Kier alpha value is -1.43. The Balaban J connectivity index is 2.46. The van der Waals surface area contributed by atoms with E-state index in [9.17, 15) is 4.79 Å². The van der Waals surface area contributed by atoms with Crippen molar-refractivity contribution in [3.8, 4) is 0 Å². The molecular formula is C9H16N4O2. The fourth-order valence-corrected chi connectivity index (χ4v) is 1.06. The first-order chi connectivity index (χ1) is 7.15. The second-order valence-electron chi connectivity index (χ2n) is 3.17. The summed E-state index contributed by atoms with van der Waals surface area (Å²) in [7, 11) is 1.70. The van der Waals surface area contributed by atoms with Crippen molar-refractivity contribution in [1.29, 1.82) is 0 Å². The molecule has 0 fully saturated rings. The number of ether oxygens (including phenoxy) is 1. The number of amides is 1. The number of likely N-dealkylation sites (N-methyl/N-ethyl adjacent to an activating group) is 1. The van der Waals surface area contributed by atoms with Gasteiger partial charge in [0, 0.05) is 20.2 Å². The zero-order chi connectivity index (χ0) is 11.3. The molecule has 0 saturated carbocycles. The van der Waals surface area contributed by atoms with E-state index in [-0.39, 0.29) is 11.7 Å². The first-order valence-electron chi connectivity index (χ1n) is 4.87. The molecule has 0 radical (unpaired) electrons. The highest BCUT2D eigenvalue weighted by molar-refractivity contribution is 5.90. The molecule has 1 rings (SSSR count). The second kappa shape index (κ2) is 5.45. The van der Waals surface area contributed by atoms with Gasteiger partial charge in [0.15, 0.2) is 0 Å². The third-order valence-electron chi connectivity index (χ3n) is 1.91. The van der Waals surface area contributed by atoms with Crippen LogP contribution in [0.2, 0.25) is 0 Å². The minimum absolute atomic E-state index is 0.195. The van der Waals surface area contributed by atoms with E-state index < -0.39 is 0 Å². The van der Waals surface area contributed by atoms with Gasteiger partial charge >= 0.3 is 0 Å². The van der Waals surface area contributed by atoms with Crippen molar-refractivity contribution < 1.29 is 9.53 Å². The molecule has 0 saturated heterocycles. The fourth-order valence-electron chi connectivity index (χ4n) is 1.06. The van der Waals surface area contributed by atoms with Crippen molar-refractivity contribution in [1.82, 2.24) is 20.1 Å². The maximum atomic E-state index is 11.7. The molecule has 0 aliphatic heterocycles. The number of aromatic amines is 1. The van der Waals surface area contributed by atoms with Gasteiger partial charge in [-0.3, -0.25) is 9.89 Å². The summed E-state index contributed by atoms with van der Waals surface area (Å²) in [4.78, 5) is 17.2. The molecule has 1 amide bonds. The number of aromatic nitrogens is 3. The molecule has 0 atom stereocenters. The van der Waals surface area contributed by atoms with Crippen molar-refractivity contribution in [2.75, 3.05) is 26.8 Å². The molecule has 6 heteroatoms. The van der Waals surface area contributed by atoms with Gasteiger partial charge < -0.3 is 9.64 Å². The van der Waals surface area contributed by atoms with Gasteiger partial charge in [0.05, 0.1) is 6.61 Å². The number of hydrogen-bond donors (Lipinski definition) is 1. The zero-order valence-electron chi connectivity index (χ0n) is 9.28. The molecular weight excluding hydrogens is 196 g/mol. The van der Waals surface area contributed by atoms with Crippen molar-refractivity contribution >= 4 is 5.91 Å². The number of aryl methyl sites for hydroxylation is 1. The Labute approximate surface area is 88.6 Å². The average Bonchev–Trinajstić information content (AvgIpc) is 2.64. The topological polar surface area (TPSA) is 71.1 Å². The van der Waals surface area contributed by atoms with E-state index in [0.717, 1.165) is 0 Å². The molecule has 1 heterocycles. The summed E-state index contributed by atoms with van der Waals surface area (Å²) in [6, 6.07) is 0. The summed E-state index contributed by atoms with van der Waals surface area (Å²) in [5.41, 5.74) is 0. The Morgan fingerprint density at radius 2 is 2.33 bits per heavy atom. The van der Waals surface area contributed by atoms with Crippen LogP contribution in [0.5, 0.6) is 0 Å². The van der Waals surface area contributed by atoms with Gasteiger partial charge in [-0.25, -0.2) is 4.98 Å². The van der Waals surface area contributed by atoms with Crippen LogP contribution in [0.1, 0.15) is 23.4 Å². The number of rotatable bonds is 5. The number of hydrogen-bond acceptors (Lipinski definition) is 4. The minimum Gasteiger partial charge on any atom is -0.380 e. The molecule has 0 aliphatic rings. The predicted molar refractivity (Wildman–Crippen MR) is 54.6 cm³/mol. The van der Waals surface area contributed by atoms with Crippen molar-refractivity contribution in [3.05, 3.63) is 11.6 Å². The second-order valence-corrected chi connectivity index (χ2v) is 3.17. The van der Waals surface area contributed by atoms with Gasteiger partial charge in [-0.15, -0.1) is 5.10 Å². The molecule has 0 bridgehead atoms. The van der Waals surface area contributed by atoms with Crippen LogP contribution < -0.4 is 0 Å². The van der Waals surface area contributed by atoms with Crippen molar-refractivity contribution in [2.24, 2.45) is 0 Å². The number of carbonyl (C=O) groups is 1. The monoisotopic (exact) mass is 212 g/mol. The van der Waals surface area contributed by atoms with E-state index in [1.165, 1.54) is 4.90 Å². The SMILES string of the molecule is CCOCCN(C)C(=O)c1n[nH]c(C)n1. The molecule has 15 heavy (non-hydrogen) atoms. The highest BCUT2D eigenvalue weighted by atomic mass is 16.5. The van der Waals surface area contributed by atoms with E-state index in [1.54, 1.807) is 14.0 Å². The molecule has 0 aliphatic carbocycles. The van der Waals surface area contributed by atoms with Crippen LogP contribution in [-0.2, 0) is 4.74 Å². The molecule has 0 aromatic carbocycles. The molecule has 0 spiro atoms. The minimum atomic E-state index is -0.195. The predicted octanol–water partition coefficient (Wildman–Crippen LogP) is 0.222. The van der Waals surface area contributed by atoms with Gasteiger partial charge in [0.2, 0.25) is 5.82 Å². The lowest BCUT2D eigenvalue weighted by atomic mass is 10.5. The van der Waals surface area contributed by atoms with E-state index in [1.807, 2.05) is 6.92 Å². The molecule has 1 aromatic heterocycles. The summed E-state index contributed by atoms with van der Waals surface area (Å²) >= 11 is 0. The van der Waals surface area contributed by atoms with Crippen LogP contribution >= 0.6 is 0 Å². The van der Waals surface area contributed by atoms with Crippen LogP contribution in [0.15, 0.2) is 0 Å². The standard InChI is InChI=1S/C9H16N4O2/c1-4-15-6-5-13(3)9(14)8-10-7(2)11-12-8/h4-6H2,1-3H3,(H,10,11,12). The molecule has 1 N–H and O–H groups in total. The van der Waals surface area contributed by atoms with E-state index in [2.05, 4.69) is 15.2 Å². The first-order valence-corrected chi connectivity index (χ1v) is 4.87. The highest BCUT2D eigenvalue weighted by Crippen LogP contribution is 1.96. The Morgan fingerprint density at radius 3 is 2.87 bits per heavy atom.